The number of carbonyl (C=O) groups excluding carboxylic acids is 1. The van der Waals surface area contributed by atoms with Crippen molar-refractivity contribution in [2.75, 3.05) is 19.6 Å². The number of nitrogens with zero attached hydrogens (tertiary/aromatic N) is 4. The smallest absolute Gasteiger partial charge is 0.274 e. The van der Waals surface area contributed by atoms with Gasteiger partial charge in [0.2, 0.25) is 0 Å². The van der Waals surface area contributed by atoms with Crippen LogP contribution in [0, 0.1) is 0 Å². The van der Waals surface area contributed by atoms with E-state index in [1.165, 1.54) is 0 Å². The summed E-state index contributed by atoms with van der Waals surface area (Å²) in [5.41, 5.74) is 2.73. The molecular formula is C15H19BrN6O. The number of fused-ring (bicyclic) bond motifs is 1. The number of aromatic amines is 1. The van der Waals surface area contributed by atoms with Gasteiger partial charge in [0, 0.05) is 50.1 Å². The third kappa shape index (κ3) is 2.81. The van der Waals surface area contributed by atoms with E-state index in [2.05, 4.69) is 36.5 Å². The first kappa shape index (κ1) is 14.9. The van der Waals surface area contributed by atoms with Crippen LogP contribution in [0.4, 0.5) is 0 Å². The van der Waals surface area contributed by atoms with Gasteiger partial charge >= 0.3 is 0 Å². The monoisotopic (exact) mass is 378 g/mol. The van der Waals surface area contributed by atoms with Gasteiger partial charge in [0.05, 0.1) is 16.7 Å². The van der Waals surface area contributed by atoms with Gasteiger partial charge in [-0.05, 0) is 28.8 Å². The van der Waals surface area contributed by atoms with Crippen molar-refractivity contribution in [2.24, 2.45) is 0 Å². The SMILES string of the molecule is O=C(c1n[nH]c2c1CNCC2)N1CCC(n2cc(Br)cn2)CC1. The summed E-state index contributed by atoms with van der Waals surface area (Å²) in [5.74, 6) is 0.0475. The van der Waals surface area contributed by atoms with Crippen LogP contribution in [-0.2, 0) is 13.0 Å². The molecule has 7 nitrogen and oxygen atoms in total. The van der Waals surface area contributed by atoms with Gasteiger partial charge < -0.3 is 10.2 Å². The van der Waals surface area contributed by atoms with Crippen molar-refractivity contribution in [3.05, 3.63) is 33.8 Å². The van der Waals surface area contributed by atoms with E-state index in [0.717, 1.165) is 61.2 Å². The number of amides is 1. The van der Waals surface area contributed by atoms with Crippen LogP contribution in [0.3, 0.4) is 0 Å². The highest BCUT2D eigenvalue weighted by atomic mass is 79.9. The molecule has 0 unspecified atom stereocenters. The zero-order valence-corrected chi connectivity index (χ0v) is 14.3. The van der Waals surface area contributed by atoms with E-state index < -0.39 is 0 Å². The largest absolute Gasteiger partial charge is 0.337 e. The Kier molecular flexibility index (Phi) is 3.94. The number of likely N-dealkylation sites (tertiary alicyclic amines) is 1. The molecule has 2 aliphatic heterocycles. The predicted octanol–water partition coefficient (Wildman–Crippen LogP) is 1.49. The quantitative estimate of drug-likeness (QED) is 0.829. The summed E-state index contributed by atoms with van der Waals surface area (Å²) in [5, 5.41) is 15.0. The highest BCUT2D eigenvalue weighted by molar-refractivity contribution is 9.10. The average molecular weight is 379 g/mol. The molecule has 1 amide bonds. The van der Waals surface area contributed by atoms with Gasteiger partial charge in [0.1, 0.15) is 0 Å². The molecule has 2 aromatic rings. The Labute approximate surface area is 142 Å². The molecule has 0 aromatic carbocycles. The fourth-order valence-electron chi connectivity index (χ4n) is 3.40. The fraction of sp³-hybridized carbons (Fsp3) is 0.533. The van der Waals surface area contributed by atoms with Crippen molar-refractivity contribution >= 4 is 21.8 Å². The Morgan fingerprint density at radius 1 is 1.35 bits per heavy atom. The summed E-state index contributed by atoms with van der Waals surface area (Å²) in [4.78, 5) is 14.7. The zero-order valence-electron chi connectivity index (χ0n) is 12.8. The summed E-state index contributed by atoms with van der Waals surface area (Å²) in [7, 11) is 0. The molecule has 0 saturated carbocycles. The third-order valence-corrected chi connectivity index (χ3v) is 5.11. The van der Waals surface area contributed by atoms with Crippen molar-refractivity contribution in [1.29, 1.82) is 0 Å². The second kappa shape index (κ2) is 6.09. The van der Waals surface area contributed by atoms with Crippen LogP contribution in [0.25, 0.3) is 0 Å². The van der Waals surface area contributed by atoms with Crippen LogP contribution in [0.2, 0.25) is 0 Å². The lowest BCUT2D eigenvalue weighted by Crippen LogP contribution is -2.40. The van der Waals surface area contributed by atoms with E-state index in [0.29, 0.717) is 11.7 Å². The summed E-state index contributed by atoms with van der Waals surface area (Å²) in [6, 6.07) is 0.361. The van der Waals surface area contributed by atoms with Crippen molar-refractivity contribution in [1.82, 2.24) is 30.2 Å². The molecule has 23 heavy (non-hydrogen) atoms. The van der Waals surface area contributed by atoms with Gasteiger partial charge in [-0.1, -0.05) is 0 Å². The van der Waals surface area contributed by atoms with Crippen molar-refractivity contribution in [3.8, 4) is 0 Å². The van der Waals surface area contributed by atoms with E-state index in [1.807, 2.05) is 15.8 Å². The Balaban J connectivity index is 1.44. The number of rotatable bonds is 2. The number of H-pyrrole nitrogens is 1. The minimum Gasteiger partial charge on any atom is -0.337 e. The van der Waals surface area contributed by atoms with Crippen molar-refractivity contribution in [3.63, 3.8) is 0 Å². The van der Waals surface area contributed by atoms with Crippen LogP contribution < -0.4 is 5.32 Å². The first-order chi connectivity index (χ1) is 11.2. The van der Waals surface area contributed by atoms with E-state index in [-0.39, 0.29) is 5.91 Å². The fourth-order valence-corrected chi connectivity index (χ4v) is 3.70. The molecule has 2 N–H and O–H groups in total. The molecule has 122 valence electrons. The minimum absolute atomic E-state index is 0.0475. The van der Waals surface area contributed by atoms with Gasteiger partial charge in [-0.15, -0.1) is 0 Å². The van der Waals surface area contributed by atoms with Crippen LogP contribution in [-0.4, -0.2) is 50.4 Å². The third-order valence-electron chi connectivity index (χ3n) is 4.70. The number of piperidine rings is 1. The predicted molar refractivity (Wildman–Crippen MR) is 88.1 cm³/mol. The molecule has 8 heteroatoms. The van der Waals surface area contributed by atoms with E-state index >= 15 is 0 Å². The van der Waals surface area contributed by atoms with Crippen molar-refractivity contribution in [2.45, 2.75) is 31.8 Å². The Morgan fingerprint density at radius 2 is 2.17 bits per heavy atom. The molecule has 1 saturated heterocycles. The van der Waals surface area contributed by atoms with E-state index in [9.17, 15) is 4.79 Å². The molecule has 0 spiro atoms. The summed E-state index contributed by atoms with van der Waals surface area (Å²) in [6.07, 6.45) is 6.56. The van der Waals surface area contributed by atoms with Gasteiger partial charge in [0.15, 0.2) is 5.69 Å². The number of hydrogen-bond donors (Lipinski definition) is 2. The molecule has 0 radical (unpaired) electrons. The molecule has 2 aliphatic rings. The molecule has 0 aliphatic carbocycles. The Morgan fingerprint density at radius 3 is 2.91 bits per heavy atom. The molecule has 4 rings (SSSR count). The number of aromatic nitrogens is 4. The maximum Gasteiger partial charge on any atom is 0.274 e. The van der Waals surface area contributed by atoms with Gasteiger partial charge in [-0.25, -0.2) is 0 Å². The first-order valence-corrected chi connectivity index (χ1v) is 8.77. The molecule has 2 aromatic heterocycles. The van der Waals surface area contributed by atoms with Crippen LogP contribution >= 0.6 is 15.9 Å². The molecule has 4 heterocycles. The van der Waals surface area contributed by atoms with Crippen molar-refractivity contribution < 1.29 is 4.79 Å². The maximum absolute atomic E-state index is 12.8. The van der Waals surface area contributed by atoms with Gasteiger partial charge in [-0.2, -0.15) is 10.2 Å². The summed E-state index contributed by atoms with van der Waals surface area (Å²) < 4.78 is 2.98. The second-order valence-electron chi connectivity index (χ2n) is 6.12. The first-order valence-electron chi connectivity index (χ1n) is 7.98. The Bertz CT molecular complexity index is 715. The molecule has 1 fully saturated rings. The number of nitrogens with one attached hydrogen (secondary N) is 2. The van der Waals surface area contributed by atoms with E-state index in [1.54, 1.807) is 6.20 Å². The highest BCUT2D eigenvalue weighted by Crippen LogP contribution is 2.25. The summed E-state index contributed by atoms with van der Waals surface area (Å²) >= 11 is 3.43. The van der Waals surface area contributed by atoms with Crippen LogP contribution in [0.5, 0.6) is 0 Å². The number of halogens is 1. The lowest BCUT2D eigenvalue weighted by molar-refractivity contribution is 0.0682. The standard InChI is InChI=1S/C15H19BrN6O/c16-10-7-18-22(9-10)11-2-5-21(6-3-11)15(23)14-12-8-17-4-1-13(12)19-20-14/h7,9,11,17H,1-6,8H2,(H,19,20). The lowest BCUT2D eigenvalue weighted by atomic mass is 10.0. The topological polar surface area (TPSA) is 78.8 Å². The number of carbonyl (C=O) groups is 1. The lowest BCUT2D eigenvalue weighted by Gasteiger charge is -2.32. The molecule has 0 atom stereocenters. The number of hydrogen-bond acceptors (Lipinski definition) is 4. The Hall–Kier alpha value is -1.67. The minimum atomic E-state index is 0.0475. The molecule has 0 bridgehead atoms. The normalized spacial score (nSPS) is 18.9. The van der Waals surface area contributed by atoms with E-state index in [4.69, 9.17) is 0 Å². The summed E-state index contributed by atoms with van der Waals surface area (Å²) in [6.45, 7) is 3.16. The average Bonchev–Trinajstić information content (AvgIpc) is 3.21. The van der Waals surface area contributed by atoms with Crippen LogP contribution in [0.1, 0.15) is 40.6 Å². The van der Waals surface area contributed by atoms with Crippen LogP contribution in [0.15, 0.2) is 16.9 Å². The van der Waals surface area contributed by atoms with Gasteiger partial charge in [-0.3, -0.25) is 14.6 Å². The van der Waals surface area contributed by atoms with Gasteiger partial charge in [0.25, 0.3) is 5.91 Å². The maximum atomic E-state index is 12.8. The highest BCUT2D eigenvalue weighted by Gasteiger charge is 2.29. The zero-order chi connectivity index (χ0) is 15.8. The second-order valence-corrected chi connectivity index (χ2v) is 7.03. The molecular weight excluding hydrogens is 360 g/mol.